The normalized spacial score (nSPS) is 14.8. The number of fused-ring (bicyclic) bond motifs is 1. The summed E-state index contributed by atoms with van der Waals surface area (Å²) in [7, 11) is -1.51. The summed E-state index contributed by atoms with van der Waals surface area (Å²) in [6.45, 7) is 0.504. The number of hydrogen-bond acceptors (Lipinski definition) is 3. The van der Waals surface area contributed by atoms with Crippen LogP contribution in [0.4, 0.5) is 23.7 Å². The number of anilines is 1. The molecular weight excluding hydrogens is 457 g/mol. The van der Waals surface area contributed by atoms with Crippen LogP contribution in [-0.2, 0) is 23.6 Å². The molecule has 0 aliphatic carbocycles. The van der Waals surface area contributed by atoms with E-state index in [4.69, 9.17) is 10.8 Å². The van der Waals surface area contributed by atoms with Crippen LogP contribution < -0.4 is 10.0 Å². The number of amides is 1. The van der Waals surface area contributed by atoms with Crippen LogP contribution in [0.15, 0.2) is 70.7 Å². The predicted molar refractivity (Wildman–Crippen MR) is 118 cm³/mol. The molecule has 1 aliphatic heterocycles. The average Bonchev–Trinajstić information content (AvgIpc) is 3.21. The van der Waals surface area contributed by atoms with E-state index in [1.807, 2.05) is 6.07 Å². The van der Waals surface area contributed by atoms with Gasteiger partial charge < -0.3 is 10.8 Å². The Morgan fingerprint density at radius 1 is 1.12 bits per heavy atom. The highest BCUT2D eigenvalue weighted by atomic mass is 32.2. The smallest absolute Gasteiger partial charge is 0.545 e. The Hall–Kier alpha value is -3.73. The lowest BCUT2D eigenvalue weighted by Gasteiger charge is -2.18. The summed E-state index contributed by atoms with van der Waals surface area (Å²) in [5.74, 6) is -0.0942. The fourth-order valence-corrected chi connectivity index (χ4v) is 4.72. The van der Waals surface area contributed by atoms with E-state index in [2.05, 4.69) is 9.98 Å². The minimum absolute atomic E-state index is 0.0942. The number of halogens is 3. The summed E-state index contributed by atoms with van der Waals surface area (Å²) < 4.78 is 53.2. The lowest BCUT2D eigenvalue weighted by Crippen LogP contribution is -2.23. The van der Waals surface area contributed by atoms with E-state index < -0.39 is 28.8 Å². The van der Waals surface area contributed by atoms with Gasteiger partial charge in [-0.15, -0.1) is 4.99 Å². The molecule has 0 spiro atoms. The summed E-state index contributed by atoms with van der Waals surface area (Å²) in [4.78, 5) is 18.6. The number of hydrogen-bond donors (Lipinski definition) is 1. The number of aromatic nitrogens is 1. The van der Waals surface area contributed by atoms with Gasteiger partial charge >= 0.3 is 12.3 Å². The van der Waals surface area contributed by atoms with E-state index in [1.54, 1.807) is 40.7 Å². The van der Waals surface area contributed by atoms with Gasteiger partial charge in [0.05, 0.1) is 26.6 Å². The third kappa shape index (κ3) is 4.72. The van der Waals surface area contributed by atoms with E-state index in [0.717, 1.165) is 23.5 Å². The number of nitrogens with zero attached hydrogens (tertiary/aromatic N) is 3. The fourth-order valence-electron chi connectivity index (χ4n) is 3.48. The van der Waals surface area contributed by atoms with Crippen molar-refractivity contribution in [2.75, 3.05) is 10.8 Å². The van der Waals surface area contributed by atoms with Gasteiger partial charge in [-0.1, -0.05) is 18.2 Å². The Balaban J connectivity index is 1.54. The zero-order valence-electron chi connectivity index (χ0n) is 17.0. The molecule has 1 unspecified atom stereocenters. The number of rotatable bonds is 4. The highest BCUT2D eigenvalue weighted by Crippen LogP contribution is 2.35. The number of nitrogens with two attached hydrogens (primary N) is 1. The number of amidine groups is 1. The molecule has 4 rings (SSSR count). The molecule has 1 atom stereocenters. The first-order valence-corrected chi connectivity index (χ1v) is 10.8. The van der Waals surface area contributed by atoms with Crippen molar-refractivity contribution in [3.63, 3.8) is 0 Å². The lowest BCUT2D eigenvalue weighted by molar-refractivity contribution is -0.137. The van der Waals surface area contributed by atoms with Crippen molar-refractivity contribution < 1.29 is 27.3 Å². The van der Waals surface area contributed by atoms with E-state index in [-0.39, 0.29) is 5.84 Å². The minimum atomic E-state index is -4.44. The first-order chi connectivity index (χ1) is 15.6. The number of pyridine rings is 1. The van der Waals surface area contributed by atoms with Crippen LogP contribution in [0.2, 0.25) is 0 Å². The second-order valence-corrected chi connectivity index (χ2v) is 8.61. The molecule has 2 heterocycles. The van der Waals surface area contributed by atoms with Crippen molar-refractivity contribution in [1.29, 1.82) is 0 Å². The largest absolute Gasteiger partial charge is 0.654 e. The number of aliphatic imine (C=N–C) groups is 1. The molecule has 2 aromatic carbocycles. The molecule has 0 fully saturated rings. The lowest BCUT2D eigenvalue weighted by atomic mass is 10.1. The molecule has 0 saturated heterocycles. The minimum Gasteiger partial charge on any atom is -0.545 e. The van der Waals surface area contributed by atoms with Crippen LogP contribution in [0.3, 0.4) is 0 Å². The molecule has 0 bridgehead atoms. The molecule has 170 valence electrons. The monoisotopic (exact) mass is 475 g/mol. The maximum atomic E-state index is 13.1. The SMILES string of the molecule is NC(=NC(=O)[OH2+])c1ccc(S(=O)N2CCc3cc(-c4ccc(C(F)(F)F)cn4)ccc32)cc1. The van der Waals surface area contributed by atoms with Crippen LogP contribution in [0.25, 0.3) is 11.3 Å². The quantitative estimate of drug-likeness (QED) is 0.354. The Kier molecular flexibility index (Phi) is 5.90. The molecule has 33 heavy (non-hydrogen) atoms. The summed E-state index contributed by atoms with van der Waals surface area (Å²) in [5, 5.41) is 6.84. The molecule has 1 aromatic heterocycles. The van der Waals surface area contributed by atoms with E-state index in [9.17, 15) is 22.2 Å². The average molecular weight is 475 g/mol. The summed E-state index contributed by atoms with van der Waals surface area (Å²) >= 11 is 0. The zero-order chi connectivity index (χ0) is 23.8. The molecule has 1 aliphatic rings. The van der Waals surface area contributed by atoms with Gasteiger partial charge in [0, 0.05) is 23.9 Å². The topological polar surface area (TPSA) is 112 Å². The summed E-state index contributed by atoms with van der Waals surface area (Å²) in [5.41, 5.74) is 8.09. The predicted octanol–water partition coefficient (Wildman–Crippen LogP) is 3.40. The highest BCUT2D eigenvalue weighted by molar-refractivity contribution is 7.86. The van der Waals surface area contributed by atoms with Crippen molar-refractivity contribution in [1.82, 2.24) is 4.98 Å². The maximum Gasteiger partial charge on any atom is 0.654 e. The molecule has 4 N–H and O–H groups in total. The van der Waals surface area contributed by atoms with Gasteiger partial charge in [-0.2, -0.15) is 13.2 Å². The highest BCUT2D eigenvalue weighted by Gasteiger charge is 2.31. The number of carbonyl (C=O) groups is 1. The first-order valence-electron chi connectivity index (χ1n) is 9.69. The van der Waals surface area contributed by atoms with Gasteiger partial charge in [-0.3, -0.25) is 9.29 Å². The maximum absolute atomic E-state index is 13.1. The molecule has 3 aromatic rings. The summed E-state index contributed by atoms with van der Waals surface area (Å²) in [6, 6.07) is 14.1. The molecule has 0 saturated carbocycles. The molecular formula is C22H18F3N4O3S+. The van der Waals surface area contributed by atoms with Crippen molar-refractivity contribution in [2.24, 2.45) is 10.7 Å². The second kappa shape index (κ2) is 8.66. The number of benzene rings is 2. The standard InChI is InChI=1S/C22H17F3N4O3S/c23-22(24,25)16-4-7-18(27-12-16)14-3-8-19-15(11-14)9-10-29(19)33(32)17-5-1-13(2-6-17)20(26)28-21(30)31/h1-8,11-12H,9-10H2,(H2,26,28)(H,30,31)/p+1. The van der Waals surface area contributed by atoms with Gasteiger partial charge in [0.2, 0.25) is 0 Å². The second-order valence-electron chi connectivity index (χ2n) is 7.20. The molecule has 0 radical (unpaired) electrons. The number of alkyl halides is 3. The summed E-state index contributed by atoms with van der Waals surface area (Å²) in [6.07, 6.45) is -4.16. The van der Waals surface area contributed by atoms with Crippen LogP contribution in [0.5, 0.6) is 0 Å². The zero-order valence-corrected chi connectivity index (χ0v) is 17.8. The van der Waals surface area contributed by atoms with Crippen LogP contribution in [0, 0.1) is 0 Å². The molecule has 11 heteroatoms. The van der Waals surface area contributed by atoms with Gasteiger partial charge in [0.1, 0.15) is 5.84 Å². The van der Waals surface area contributed by atoms with Gasteiger partial charge in [0.25, 0.3) is 0 Å². The van der Waals surface area contributed by atoms with Gasteiger partial charge in [-0.05, 0) is 48.4 Å². The van der Waals surface area contributed by atoms with Crippen LogP contribution in [-0.4, -0.2) is 32.8 Å². The molecule has 1 amide bonds. The molecule has 7 nitrogen and oxygen atoms in total. The Bertz CT molecular complexity index is 1260. The third-order valence-electron chi connectivity index (χ3n) is 5.09. The van der Waals surface area contributed by atoms with Gasteiger partial charge in [-0.25, -0.2) is 4.21 Å². The Labute approximate surface area is 189 Å². The number of carbonyl (C=O) groups excluding carboxylic acids is 1. The third-order valence-corrected chi connectivity index (χ3v) is 6.55. The first kappa shape index (κ1) is 22.5. The van der Waals surface area contributed by atoms with Crippen molar-refractivity contribution >= 4 is 28.6 Å². The fraction of sp³-hybridized carbons (Fsp3) is 0.136. The van der Waals surface area contributed by atoms with Gasteiger partial charge in [0.15, 0.2) is 11.0 Å². The van der Waals surface area contributed by atoms with E-state index >= 15 is 0 Å². The van der Waals surface area contributed by atoms with E-state index in [1.165, 1.54) is 6.07 Å². The van der Waals surface area contributed by atoms with Crippen molar-refractivity contribution in [3.05, 3.63) is 77.5 Å². The Morgan fingerprint density at radius 2 is 1.85 bits per heavy atom. The van der Waals surface area contributed by atoms with E-state index in [0.29, 0.717) is 34.7 Å². The van der Waals surface area contributed by atoms with Crippen LogP contribution in [0.1, 0.15) is 16.7 Å². The van der Waals surface area contributed by atoms with Crippen LogP contribution >= 0.6 is 0 Å². The van der Waals surface area contributed by atoms with Crippen molar-refractivity contribution in [3.8, 4) is 11.3 Å². The Morgan fingerprint density at radius 3 is 2.45 bits per heavy atom. The van der Waals surface area contributed by atoms with Crippen molar-refractivity contribution in [2.45, 2.75) is 17.5 Å².